The summed E-state index contributed by atoms with van der Waals surface area (Å²) in [6.07, 6.45) is 1.86. The maximum Gasteiger partial charge on any atom is 0.251 e. The predicted molar refractivity (Wildman–Crippen MR) is 70.4 cm³/mol. The molecule has 19 heavy (non-hydrogen) atoms. The van der Waals surface area contributed by atoms with Gasteiger partial charge in [-0.15, -0.1) is 0 Å². The van der Waals surface area contributed by atoms with E-state index < -0.39 is 6.23 Å². The lowest BCUT2D eigenvalue weighted by Gasteiger charge is -2.20. The van der Waals surface area contributed by atoms with Crippen molar-refractivity contribution >= 4 is 11.8 Å². The monoisotopic (exact) mass is 260 g/mol. The molecule has 1 atom stereocenters. The number of rotatable bonds is 4. The molecule has 1 aromatic carbocycles. The van der Waals surface area contributed by atoms with E-state index in [2.05, 4.69) is 5.32 Å². The first-order valence-corrected chi connectivity index (χ1v) is 6.09. The van der Waals surface area contributed by atoms with Gasteiger partial charge >= 0.3 is 0 Å². The molecule has 0 saturated heterocycles. The highest BCUT2D eigenvalue weighted by atomic mass is 16.3. The maximum absolute atomic E-state index is 11.8. The molecular formula is C14H16N2O3. The molecule has 1 aliphatic rings. The van der Waals surface area contributed by atoms with Gasteiger partial charge in [-0.3, -0.25) is 9.59 Å². The zero-order valence-corrected chi connectivity index (χ0v) is 10.7. The molecular weight excluding hydrogens is 244 g/mol. The van der Waals surface area contributed by atoms with Gasteiger partial charge in [0.1, 0.15) is 6.23 Å². The number of aryl methyl sites for hydroxylation is 1. The fraction of sp³-hybridized carbons (Fsp3) is 0.286. The van der Waals surface area contributed by atoms with Crippen LogP contribution >= 0.6 is 0 Å². The molecule has 2 amide bonds. The fourth-order valence-electron chi connectivity index (χ4n) is 1.84. The van der Waals surface area contributed by atoms with Crippen molar-refractivity contribution in [1.29, 1.82) is 0 Å². The molecule has 1 aromatic rings. The minimum absolute atomic E-state index is 0.186. The van der Waals surface area contributed by atoms with E-state index in [1.807, 2.05) is 19.1 Å². The first-order valence-electron chi connectivity index (χ1n) is 6.09. The number of hydrogen-bond donors (Lipinski definition) is 2. The Balaban J connectivity index is 1.81. The van der Waals surface area contributed by atoms with Crippen molar-refractivity contribution in [1.82, 2.24) is 10.2 Å². The Morgan fingerprint density at radius 3 is 2.63 bits per heavy atom. The van der Waals surface area contributed by atoms with Crippen LogP contribution < -0.4 is 5.32 Å². The summed E-state index contributed by atoms with van der Waals surface area (Å²) >= 11 is 0. The van der Waals surface area contributed by atoms with Crippen LogP contribution in [0, 0.1) is 6.92 Å². The highest BCUT2D eigenvalue weighted by molar-refractivity contribution is 5.94. The van der Waals surface area contributed by atoms with Crippen LogP contribution in [0.15, 0.2) is 36.4 Å². The second kappa shape index (κ2) is 5.67. The Morgan fingerprint density at radius 2 is 2.05 bits per heavy atom. The van der Waals surface area contributed by atoms with E-state index >= 15 is 0 Å². The van der Waals surface area contributed by atoms with Gasteiger partial charge in [-0.05, 0) is 25.1 Å². The molecule has 5 nitrogen and oxygen atoms in total. The van der Waals surface area contributed by atoms with Gasteiger partial charge in [0.2, 0.25) is 5.91 Å². The molecule has 0 spiro atoms. The SMILES string of the molecule is Cc1ccc(C(=O)NCCN2C(=O)C=CC2O)cc1. The molecule has 5 heteroatoms. The standard InChI is InChI=1S/C14H16N2O3/c1-10-2-4-11(5-3-10)14(19)15-8-9-16-12(17)6-7-13(16)18/h2-7,12,17H,8-9H2,1H3,(H,15,19). The summed E-state index contributed by atoms with van der Waals surface area (Å²) in [5.74, 6) is -0.425. The van der Waals surface area contributed by atoms with E-state index in [4.69, 9.17) is 0 Å². The van der Waals surface area contributed by atoms with Crippen molar-refractivity contribution in [2.75, 3.05) is 13.1 Å². The van der Waals surface area contributed by atoms with Crippen molar-refractivity contribution < 1.29 is 14.7 Å². The Labute approximate surface area is 111 Å². The largest absolute Gasteiger partial charge is 0.370 e. The van der Waals surface area contributed by atoms with Gasteiger partial charge in [0.05, 0.1) is 0 Å². The van der Waals surface area contributed by atoms with Gasteiger partial charge in [0.15, 0.2) is 0 Å². The van der Waals surface area contributed by atoms with Crippen molar-refractivity contribution in [3.63, 3.8) is 0 Å². The van der Waals surface area contributed by atoms with Crippen LogP contribution in [0.3, 0.4) is 0 Å². The smallest absolute Gasteiger partial charge is 0.251 e. The number of aliphatic hydroxyl groups is 1. The summed E-state index contributed by atoms with van der Waals surface area (Å²) in [7, 11) is 0. The maximum atomic E-state index is 11.8. The number of amides is 2. The second-order valence-corrected chi connectivity index (χ2v) is 4.43. The van der Waals surface area contributed by atoms with E-state index in [9.17, 15) is 14.7 Å². The van der Waals surface area contributed by atoms with Crippen LogP contribution in [0.1, 0.15) is 15.9 Å². The number of nitrogens with one attached hydrogen (secondary N) is 1. The first-order chi connectivity index (χ1) is 9.08. The number of nitrogens with zero attached hydrogens (tertiary/aromatic N) is 1. The van der Waals surface area contributed by atoms with Crippen LogP contribution in [0.25, 0.3) is 0 Å². The molecule has 0 radical (unpaired) electrons. The van der Waals surface area contributed by atoms with Crippen molar-refractivity contribution in [3.05, 3.63) is 47.5 Å². The Morgan fingerprint density at radius 1 is 1.37 bits per heavy atom. The Bertz CT molecular complexity index is 508. The third-order valence-corrected chi connectivity index (χ3v) is 2.97. The summed E-state index contributed by atoms with van der Waals surface area (Å²) in [6.45, 7) is 2.54. The van der Waals surface area contributed by atoms with E-state index in [1.54, 1.807) is 12.1 Å². The zero-order valence-electron chi connectivity index (χ0n) is 10.7. The summed E-state index contributed by atoms with van der Waals surface area (Å²) in [5, 5.41) is 12.2. The van der Waals surface area contributed by atoms with Crippen LogP contribution in [0.4, 0.5) is 0 Å². The molecule has 0 saturated carbocycles. The van der Waals surface area contributed by atoms with Crippen molar-refractivity contribution in [2.24, 2.45) is 0 Å². The highest BCUT2D eigenvalue weighted by Gasteiger charge is 2.22. The van der Waals surface area contributed by atoms with Gasteiger partial charge in [-0.25, -0.2) is 0 Å². The fourth-order valence-corrected chi connectivity index (χ4v) is 1.84. The molecule has 0 fully saturated rings. The molecule has 0 aromatic heterocycles. The minimum atomic E-state index is -0.885. The zero-order chi connectivity index (χ0) is 13.8. The lowest BCUT2D eigenvalue weighted by Crippen LogP contribution is -2.40. The molecule has 2 N–H and O–H groups in total. The van der Waals surface area contributed by atoms with Gasteiger partial charge in [-0.1, -0.05) is 17.7 Å². The van der Waals surface area contributed by atoms with Gasteiger partial charge in [0.25, 0.3) is 5.91 Å². The average Bonchev–Trinajstić information content (AvgIpc) is 2.71. The molecule has 1 aliphatic heterocycles. The molecule has 1 unspecified atom stereocenters. The van der Waals surface area contributed by atoms with E-state index in [1.165, 1.54) is 17.1 Å². The summed E-state index contributed by atoms with van der Waals surface area (Å²) < 4.78 is 0. The summed E-state index contributed by atoms with van der Waals surface area (Å²) in [6, 6.07) is 7.24. The molecule has 100 valence electrons. The summed E-state index contributed by atoms with van der Waals surface area (Å²) in [4.78, 5) is 24.4. The molecule has 2 rings (SSSR count). The first kappa shape index (κ1) is 13.3. The lowest BCUT2D eigenvalue weighted by molar-refractivity contribution is -0.130. The Kier molecular flexibility index (Phi) is 3.97. The van der Waals surface area contributed by atoms with Crippen LogP contribution in [-0.4, -0.2) is 41.1 Å². The normalized spacial score (nSPS) is 17.9. The van der Waals surface area contributed by atoms with Gasteiger partial charge in [-0.2, -0.15) is 0 Å². The van der Waals surface area contributed by atoms with Crippen molar-refractivity contribution in [2.45, 2.75) is 13.2 Å². The Hall–Kier alpha value is -2.14. The van der Waals surface area contributed by atoms with E-state index in [-0.39, 0.29) is 18.4 Å². The quantitative estimate of drug-likeness (QED) is 0.825. The van der Waals surface area contributed by atoms with Gasteiger partial charge < -0.3 is 15.3 Å². The highest BCUT2D eigenvalue weighted by Crippen LogP contribution is 2.07. The van der Waals surface area contributed by atoms with Crippen LogP contribution in [0.2, 0.25) is 0 Å². The number of hydrogen-bond acceptors (Lipinski definition) is 3. The molecule has 0 aliphatic carbocycles. The van der Waals surface area contributed by atoms with Gasteiger partial charge in [0, 0.05) is 24.7 Å². The lowest BCUT2D eigenvalue weighted by atomic mass is 10.1. The predicted octanol–water partition coefficient (Wildman–Crippen LogP) is 0.442. The number of aliphatic hydroxyl groups excluding tert-OH is 1. The molecule has 0 bridgehead atoms. The average molecular weight is 260 g/mol. The summed E-state index contributed by atoms with van der Waals surface area (Å²) in [5.41, 5.74) is 1.67. The van der Waals surface area contributed by atoms with E-state index in [0.29, 0.717) is 12.1 Å². The van der Waals surface area contributed by atoms with E-state index in [0.717, 1.165) is 5.56 Å². The van der Waals surface area contributed by atoms with Crippen molar-refractivity contribution in [3.8, 4) is 0 Å². The minimum Gasteiger partial charge on any atom is -0.370 e. The number of carbonyl (C=O) groups is 2. The third-order valence-electron chi connectivity index (χ3n) is 2.97. The second-order valence-electron chi connectivity index (χ2n) is 4.43. The molecule has 1 heterocycles. The van der Waals surface area contributed by atoms with Crippen LogP contribution in [0.5, 0.6) is 0 Å². The van der Waals surface area contributed by atoms with Crippen LogP contribution in [-0.2, 0) is 4.79 Å². The number of benzene rings is 1. The topological polar surface area (TPSA) is 69.6 Å². The third kappa shape index (κ3) is 3.20. The number of carbonyl (C=O) groups excluding carboxylic acids is 2.